The molecule has 0 bridgehead atoms. The van der Waals surface area contributed by atoms with E-state index >= 15 is 0 Å². The predicted molar refractivity (Wildman–Crippen MR) is 49.9 cm³/mol. The van der Waals surface area contributed by atoms with Crippen molar-refractivity contribution in [2.75, 3.05) is 19.0 Å². The molecular formula is C7H19N2P. The van der Waals surface area contributed by atoms with Gasteiger partial charge in [0.1, 0.15) is 0 Å². The maximum absolute atomic E-state index is 5.64. The van der Waals surface area contributed by atoms with Crippen molar-refractivity contribution in [1.82, 2.24) is 0 Å². The van der Waals surface area contributed by atoms with E-state index in [9.17, 15) is 0 Å². The van der Waals surface area contributed by atoms with E-state index in [1.807, 2.05) is 0 Å². The van der Waals surface area contributed by atoms with Crippen LogP contribution in [0.2, 0.25) is 0 Å². The van der Waals surface area contributed by atoms with E-state index in [0.717, 1.165) is 12.3 Å². The zero-order valence-corrected chi connectivity index (χ0v) is 8.07. The van der Waals surface area contributed by atoms with E-state index in [2.05, 4.69) is 20.5 Å². The van der Waals surface area contributed by atoms with E-state index in [0.29, 0.717) is 12.1 Å². The van der Waals surface area contributed by atoms with E-state index in [1.54, 1.807) is 0 Å². The molecule has 2 nitrogen and oxygen atoms in total. The van der Waals surface area contributed by atoms with Gasteiger partial charge in [0, 0.05) is 12.1 Å². The summed E-state index contributed by atoms with van der Waals surface area (Å²) in [4.78, 5) is 0. The number of rotatable bonds is 4. The molecule has 0 spiro atoms. The van der Waals surface area contributed by atoms with Crippen molar-refractivity contribution in [3.63, 3.8) is 0 Å². The molecule has 10 heavy (non-hydrogen) atoms. The first kappa shape index (κ1) is 10.3. The normalized spacial score (nSPS) is 20.1. The van der Waals surface area contributed by atoms with Gasteiger partial charge in [-0.05, 0) is 32.8 Å². The van der Waals surface area contributed by atoms with E-state index < -0.39 is 0 Å². The molecule has 0 aliphatic carbocycles. The smallest absolute Gasteiger partial charge is 0.00496 e. The summed E-state index contributed by atoms with van der Waals surface area (Å²) in [5.74, 6) is 0. The van der Waals surface area contributed by atoms with Crippen molar-refractivity contribution in [3.8, 4) is 0 Å². The number of hydrogen-bond donors (Lipinski definition) is 2. The van der Waals surface area contributed by atoms with E-state index in [1.165, 1.54) is 0 Å². The Bertz CT molecular complexity index is 73.7. The second-order valence-corrected chi connectivity index (χ2v) is 5.62. The molecule has 0 amide bonds. The van der Waals surface area contributed by atoms with Gasteiger partial charge < -0.3 is 11.5 Å². The highest BCUT2D eigenvalue weighted by Gasteiger charge is 2.05. The molecule has 0 saturated heterocycles. The van der Waals surface area contributed by atoms with Gasteiger partial charge in [-0.1, -0.05) is 0 Å². The minimum Gasteiger partial charge on any atom is -0.328 e. The van der Waals surface area contributed by atoms with Crippen molar-refractivity contribution in [2.45, 2.75) is 25.9 Å². The lowest BCUT2D eigenvalue weighted by molar-refractivity contribution is 0.816. The van der Waals surface area contributed by atoms with Crippen molar-refractivity contribution >= 4 is 7.92 Å². The molecule has 0 aliphatic rings. The average Bonchev–Trinajstić information content (AvgIpc) is 1.58. The SMILES string of the molecule is CC(N)CP(C)CC(C)N. The molecule has 0 rings (SSSR count). The third-order valence-corrected chi connectivity index (χ3v) is 3.60. The van der Waals surface area contributed by atoms with Gasteiger partial charge in [0.2, 0.25) is 0 Å². The summed E-state index contributed by atoms with van der Waals surface area (Å²) >= 11 is 0. The fraction of sp³-hybridized carbons (Fsp3) is 1.00. The van der Waals surface area contributed by atoms with Crippen LogP contribution < -0.4 is 11.5 Å². The first-order valence-corrected chi connectivity index (χ1v) is 5.88. The van der Waals surface area contributed by atoms with Gasteiger partial charge in [-0.2, -0.15) is 0 Å². The minimum atomic E-state index is 0.0905. The van der Waals surface area contributed by atoms with Crippen molar-refractivity contribution < 1.29 is 0 Å². The zero-order valence-electron chi connectivity index (χ0n) is 7.17. The highest BCUT2D eigenvalue weighted by Crippen LogP contribution is 2.30. The van der Waals surface area contributed by atoms with Crippen LogP contribution in [-0.2, 0) is 0 Å². The lowest BCUT2D eigenvalue weighted by Crippen LogP contribution is -2.24. The van der Waals surface area contributed by atoms with E-state index in [-0.39, 0.29) is 7.92 Å². The maximum atomic E-state index is 5.64. The third kappa shape index (κ3) is 6.47. The molecule has 0 aromatic carbocycles. The van der Waals surface area contributed by atoms with Gasteiger partial charge in [0.15, 0.2) is 0 Å². The summed E-state index contributed by atoms with van der Waals surface area (Å²) in [6.07, 6.45) is 2.30. The molecule has 62 valence electrons. The predicted octanol–water partition coefficient (Wildman–Crippen LogP) is 0.792. The van der Waals surface area contributed by atoms with Crippen LogP contribution in [0.4, 0.5) is 0 Å². The van der Waals surface area contributed by atoms with Crippen LogP contribution in [-0.4, -0.2) is 31.1 Å². The van der Waals surface area contributed by atoms with E-state index in [4.69, 9.17) is 11.5 Å². The molecule has 0 saturated carbocycles. The Morgan fingerprint density at radius 2 is 1.40 bits per heavy atom. The summed E-state index contributed by atoms with van der Waals surface area (Å²) in [5, 5.41) is 0. The Labute approximate surface area is 65.1 Å². The molecule has 0 aliphatic heterocycles. The Kier molecular flexibility index (Phi) is 5.24. The minimum absolute atomic E-state index is 0.0905. The lowest BCUT2D eigenvalue weighted by Gasteiger charge is -2.16. The second kappa shape index (κ2) is 5.06. The molecule has 3 heteroatoms. The summed E-state index contributed by atoms with van der Waals surface area (Å²) in [7, 11) is 0.0905. The molecule has 2 unspecified atom stereocenters. The highest BCUT2D eigenvalue weighted by molar-refractivity contribution is 7.56. The molecule has 0 aromatic heterocycles. The Morgan fingerprint density at radius 3 is 1.60 bits per heavy atom. The average molecular weight is 162 g/mol. The zero-order chi connectivity index (χ0) is 8.15. The number of nitrogens with two attached hydrogens (primary N) is 2. The summed E-state index contributed by atoms with van der Waals surface area (Å²) in [5.41, 5.74) is 11.3. The Morgan fingerprint density at radius 1 is 1.10 bits per heavy atom. The molecule has 0 fully saturated rings. The molecule has 0 aromatic rings. The van der Waals surface area contributed by atoms with Gasteiger partial charge >= 0.3 is 0 Å². The van der Waals surface area contributed by atoms with Crippen LogP contribution in [0.5, 0.6) is 0 Å². The van der Waals surface area contributed by atoms with Gasteiger partial charge in [-0.3, -0.25) is 0 Å². The first-order valence-electron chi connectivity index (χ1n) is 3.72. The third-order valence-electron chi connectivity index (χ3n) is 1.20. The molecule has 0 heterocycles. The van der Waals surface area contributed by atoms with Crippen molar-refractivity contribution in [2.24, 2.45) is 11.5 Å². The van der Waals surface area contributed by atoms with Crippen molar-refractivity contribution in [1.29, 1.82) is 0 Å². The molecular weight excluding hydrogens is 143 g/mol. The van der Waals surface area contributed by atoms with Gasteiger partial charge in [0.25, 0.3) is 0 Å². The van der Waals surface area contributed by atoms with Crippen LogP contribution in [0, 0.1) is 0 Å². The Balaban J connectivity index is 3.34. The summed E-state index contributed by atoms with van der Waals surface area (Å²) < 4.78 is 0. The van der Waals surface area contributed by atoms with Crippen LogP contribution in [0.3, 0.4) is 0 Å². The van der Waals surface area contributed by atoms with Gasteiger partial charge in [-0.25, -0.2) is 0 Å². The van der Waals surface area contributed by atoms with Gasteiger partial charge in [0.05, 0.1) is 0 Å². The second-order valence-electron chi connectivity index (χ2n) is 3.18. The molecule has 0 radical (unpaired) electrons. The summed E-state index contributed by atoms with van der Waals surface area (Å²) in [6.45, 7) is 6.38. The monoisotopic (exact) mass is 162 g/mol. The fourth-order valence-electron chi connectivity index (χ4n) is 1.06. The topological polar surface area (TPSA) is 52.0 Å². The fourth-order valence-corrected chi connectivity index (χ4v) is 3.17. The highest BCUT2D eigenvalue weighted by atomic mass is 31.1. The van der Waals surface area contributed by atoms with Crippen molar-refractivity contribution in [3.05, 3.63) is 0 Å². The van der Waals surface area contributed by atoms with Gasteiger partial charge in [-0.15, -0.1) is 7.92 Å². The quantitative estimate of drug-likeness (QED) is 0.600. The first-order chi connectivity index (χ1) is 4.52. The summed E-state index contributed by atoms with van der Waals surface area (Å²) in [6, 6.07) is 0.685. The molecule has 2 atom stereocenters. The maximum Gasteiger partial charge on any atom is 0.00496 e. The standard InChI is InChI=1S/C7H19N2P/c1-6(8)4-10(3)5-7(2)9/h6-7H,4-5,8-9H2,1-3H3. The van der Waals surface area contributed by atoms with Crippen LogP contribution >= 0.6 is 7.92 Å². The van der Waals surface area contributed by atoms with Crippen LogP contribution in [0.25, 0.3) is 0 Å². The number of hydrogen-bond acceptors (Lipinski definition) is 2. The largest absolute Gasteiger partial charge is 0.328 e. The molecule has 4 N–H and O–H groups in total. The lowest BCUT2D eigenvalue weighted by atomic mass is 10.4. The Hall–Kier alpha value is 0.350. The van der Waals surface area contributed by atoms with Crippen LogP contribution in [0.1, 0.15) is 13.8 Å². The van der Waals surface area contributed by atoms with Crippen LogP contribution in [0.15, 0.2) is 0 Å².